The van der Waals surface area contributed by atoms with Crippen LogP contribution in [-0.2, 0) is 6.54 Å². The van der Waals surface area contributed by atoms with Crippen molar-refractivity contribution in [3.8, 4) is 5.75 Å². The molecule has 0 atom stereocenters. The van der Waals surface area contributed by atoms with Crippen LogP contribution in [-0.4, -0.2) is 28.6 Å². The molecule has 0 saturated carbocycles. The molecule has 1 amide bonds. The second kappa shape index (κ2) is 8.71. The molecule has 0 spiro atoms. The fourth-order valence-corrected chi connectivity index (χ4v) is 3.51. The van der Waals surface area contributed by atoms with Gasteiger partial charge in [-0.25, -0.2) is 4.79 Å². The van der Waals surface area contributed by atoms with E-state index in [-0.39, 0.29) is 25.3 Å². The minimum absolute atomic E-state index is 0.109. The molecule has 2 aromatic heterocycles. The van der Waals surface area contributed by atoms with E-state index in [0.717, 1.165) is 32.5 Å². The molecule has 0 radical (unpaired) electrons. The van der Waals surface area contributed by atoms with Gasteiger partial charge in [0, 0.05) is 11.1 Å². The lowest BCUT2D eigenvalue weighted by Crippen LogP contribution is -2.41. The van der Waals surface area contributed by atoms with E-state index in [4.69, 9.17) is 4.74 Å². The Morgan fingerprint density at radius 3 is 2.64 bits per heavy atom. The van der Waals surface area contributed by atoms with E-state index in [1.807, 2.05) is 49.6 Å². The van der Waals surface area contributed by atoms with E-state index in [2.05, 4.69) is 10.3 Å². The highest BCUT2D eigenvalue weighted by atomic mass is 32.1. The average Bonchev–Trinajstić information content (AvgIpc) is 3.14. The molecule has 28 heavy (non-hydrogen) atoms. The summed E-state index contributed by atoms with van der Waals surface area (Å²) in [4.78, 5) is 40.2. The van der Waals surface area contributed by atoms with E-state index in [1.54, 1.807) is 0 Å². The quantitative estimate of drug-likeness (QED) is 0.595. The van der Waals surface area contributed by atoms with Crippen molar-refractivity contribution in [2.24, 2.45) is 0 Å². The maximum absolute atomic E-state index is 12.5. The van der Waals surface area contributed by atoms with Crippen molar-refractivity contribution in [2.45, 2.75) is 20.4 Å². The molecule has 146 valence electrons. The highest BCUT2D eigenvalue weighted by Crippen LogP contribution is 2.15. The Balaban J connectivity index is 1.62. The molecule has 2 N–H and O–H groups in total. The Morgan fingerprint density at radius 2 is 1.96 bits per heavy atom. The fourth-order valence-electron chi connectivity index (χ4n) is 2.82. The maximum atomic E-state index is 12.5. The van der Waals surface area contributed by atoms with Crippen LogP contribution < -0.4 is 21.3 Å². The van der Waals surface area contributed by atoms with E-state index < -0.39 is 17.2 Å². The van der Waals surface area contributed by atoms with Crippen LogP contribution in [0, 0.1) is 13.8 Å². The number of carbonyl (C=O) groups excluding carboxylic acids is 1. The molecular weight excluding hydrogens is 378 g/mol. The zero-order valence-electron chi connectivity index (χ0n) is 15.7. The van der Waals surface area contributed by atoms with Crippen LogP contribution in [0.15, 0.2) is 51.5 Å². The number of H-pyrrole nitrogens is 1. The van der Waals surface area contributed by atoms with Crippen LogP contribution in [0.2, 0.25) is 0 Å². The Bertz CT molecular complexity index is 1060. The van der Waals surface area contributed by atoms with E-state index in [0.29, 0.717) is 0 Å². The monoisotopic (exact) mass is 399 g/mol. The standard InChI is InChI=1S/C20H21N3O4S/c1-13-8-14(2)10-15(9-13)27-6-5-21-18(24)17-11-22-20(26)23(19(17)25)12-16-4-3-7-28-16/h3-4,7-11H,5-6,12H2,1-2H3,(H,21,24)(H,22,26). The van der Waals surface area contributed by atoms with Gasteiger partial charge in [0.1, 0.15) is 17.9 Å². The van der Waals surface area contributed by atoms with E-state index >= 15 is 0 Å². The molecular formula is C20H21N3O4S. The minimum Gasteiger partial charge on any atom is -0.492 e. The van der Waals surface area contributed by atoms with Crippen molar-refractivity contribution in [2.75, 3.05) is 13.2 Å². The Hall–Kier alpha value is -3.13. The maximum Gasteiger partial charge on any atom is 0.328 e. The second-order valence-corrected chi connectivity index (χ2v) is 7.44. The zero-order chi connectivity index (χ0) is 20.1. The lowest BCUT2D eigenvalue weighted by atomic mass is 10.1. The van der Waals surface area contributed by atoms with Gasteiger partial charge >= 0.3 is 5.69 Å². The van der Waals surface area contributed by atoms with Crippen molar-refractivity contribution in [3.63, 3.8) is 0 Å². The summed E-state index contributed by atoms with van der Waals surface area (Å²) in [6.07, 6.45) is 1.15. The molecule has 7 nitrogen and oxygen atoms in total. The summed E-state index contributed by atoms with van der Waals surface area (Å²) in [5.41, 5.74) is 0.915. The molecule has 0 aliphatic rings. The van der Waals surface area contributed by atoms with Gasteiger partial charge in [0.15, 0.2) is 0 Å². The van der Waals surface area contributed by atoms with Gasteiger partial charge in [-0.2, -0.15) is 0 Å². The zero-order valence-corrected chi connectivity index (χ0v) is 16.5. The number of hydrogen-bond donors (Lipinski definition) is 2. The summed E-state index contributed by atoms with van der Waals surface area (Å²) in [6, 6.07) is 9.55. The molecule has 8 heteroatoms. The largest absolute Gasteiger partial charge is 0.492 e. The second-order valence-electron chi connectivity index (χ2n) is 6.41. The summed E-state index contributed by atoms with van der Waals surface area (Å²) >= 11 is 1.44. The molecule has 0 unspecified atom stereocenters. The normalized spacial score (nSPS) is 10.6. The van der Waals surface area contributed by atoms with Crippen LogP contribution in [0.4, 0.5) is 0 Å². The van der Waals surface area contributed by atoms with Gasteiger partial charge in [0.2, 0.25) is 0 Å². The van der Waals surface area contributed by atoms with Gasteiger partial charge in [-0.1, -0.05) is 12.1 Å². The summed E-state index contributed by atoms with van der Waals surface area (Å²) in [5, 5.41) is 4.51. The van der Waals surface area contributed by atoms with Crippen molar-refractivity contribution < 1.29 is 9.53 Å². The Kier molecular flexibility index (Phi) is 6.10. The number of nitrogens with one attached hydrogen (secondary N) is 2. The fraction of sp³-hybridized carbons (Fsp3) is 0.250. The molecule has 0 aliphatic heterocycles. The molecule has 1 aromatic carbocycles. The van der Waals surface area contributed by atoms with Crippen LogP contribution in [0.3, 0.4) is 0 Å². The molecule has 3 aromatic rings. The van der Waals surface area contributed by atoms with Crippen LogP contribution in [0.1, 0.15) is 26.4 Å². The molecule has 0 aliphatic carbocycles. The Labute approximate surface area is 165 Å². The first-order chi connectivity index (χ1) is 13.4. The van der Waals surface area contributed by atoms with Gasteiger partial charge in [-0.15, -0.1) is 11.3 Å². The predicted molar refractivity (Wildman–Crippen MR) is 108 cm³/mol. The number of thiophene rings is 1. The van der Waals surface area contributed by atoms with Crippen molar-refractivity contribution in [1.29, 1.82) is 0 Å². The number of ether oxygens (including phenoxy) is 1. The average molecular weight is 399 g/mol. The molecule has 0 saturated heterocycles. The first-order valence-corrected chi connectivity index (χ1v) is 9.66. The topological polar surface area (TPSA) is 93.2 Å². The first-order valence-electron chi connectivity index (χ1n) is 8.78. The number of hydrogen-bond acceptors (Lipinski definition) is 5. The number of nitrogens with zero attached hydrogens (tertiary/aromatic N) is 1. The third kappa shape index (κ3) is 4.77. The van der Waals surface area contributed by atoms with Crippen LogP contribution in [0.25, 0.3) is 0 Å². The number of aryl methyl sites for hydroxylation is 2. The summed E-state index contributed by atoms with van der Waals surface area (Å²) in [5.74, 6) is 0.180. The smallest absolute Gasteiger partial charge is 0.328 e. The molecule has 2 heterocycles. The third-order valence-corrected chi connectivity index (χ3v) is 4.91. The summed E-state index contributed by atoms with van der Waals surface area (Å²) in [6.45, 7) is 4.59. The molecule has 0 fully saturated rings. The SMILES string of the molecule is Cc1cc(C)cc(OCCNC(=O)c2c[nH]c(=O)n(Cc3cccs3)c2=O)c1. The number of aromatic nitrogens is 2. The van der Waals surface area contributed by atoms with E-state index in [1.165, 1.54) is 11.3 Å². The molecule has 3 rings (SSSR count). The molecule has 0 bridgehead atoms. The van der Waals surface area contributed by atoms with Gasteiger partial charge in [-0.3, -0.25) is 14.2 Å². The Morgan fingerprint density at radius 1 is 1.21 bits per heavy atom. The van der Waals surface area contributed by atoms with Crippen LogP contribution in [0.5, 0.6) is 5.75 Å². The van der Waals surface area contributed by atoms with E-state index in [9.17, 15) is 14.4 Å². The number of carbonyl (C=O) groups is 1. The predicted octanol–water partition coefficient (Wildman–Crippen LogP) is 2.07. The number of aromatic amines is 1. The number of rotatable bonds is 7. The van der Waals surface area contributed by atoms with Gasteiger partial charge < -0.3 is 15.0 Å². The van der Waals surface area contributed by atoms with Crippen molar-refractivity contribution >= 4 is 17.2 Å². The minimum atomic E-state index is -0.620. The lowest BCUT2D eigenvalue weighted by Gasteiger charge is -2.10. The third-order valence-electron chi connectivity index (χ3n) is 4.05. The van der Waals surface area contributed by atoms with Crippen molar-refractivity contribution in [3.05, 3.63) is 84.3 Å². The summed E-state index contributed by atoms with van der Waals surface area (Å²) in [7, 11) is 0. The highest BCUT2D eigenvalue weighted by Gasteiger charge is 2.15. The first kappa shape index (κ1) is 19.6. The van der Waals surface area contributed by atoms with Gasteiger partial charge in [0.25, 0.3) is 11.5 Å². The lowest BCUT2D eigenvalue weighted by molar-refractivity contribution is 0.0944. The summed E-state index contributed by atoms with van der Waals surface area (Å²) < 4.78 is 6.66. The number of amides is 1. The van der Waals surface area contributed by atoms with Crippen molar-refractivity contribution in [1.82, 2.24) is 14.9 Å². The number of benzene rings is 1. The van der Waals surface area contributed by atoms with Gasteiger partial charge in [-0.05, 0) is 48.6 Å². The van der Waals surface area contributed by atoms with Gasteiger partial charge in [0.05, 0.1) is 13.1 Å². The highest BCUT2D eigenvalue weighted by molar-refractivity contribution is 7.09. The van der Waals surface area contributed by atoms with Crippen LogP contribution >= 0.6 is 11.3 Å².